The van der Waals surface area contributed by atoms with Crippen LogP contribution < -0.4 is 10.5 Å². The highest BCUT2D eigenvalue weighted by atomic mass is 79.9. The summed E-state index contributed by atoms with van der Waals surface area (Å²) in [4.78, 5) is 7.79. The number of nitrogen functional groups attached to an aromatic ring is 1. The molecule has 4 nitrogen and oxygen atoms in total. The smallest absolute Gasteiger partial charge is 0.238 e. The third-order valence-corrected chi connectivity index (χ3v) is 2.23. The average Bonchev–Trinajstić information content (AvgIpc) is 2.25. The summed E-state index contributed by atoms with van der Waals surface area (Å²) < 4.78 is 6.18. The molecule has 0 amide bonds. The summed E-state index contributed by atoms with van der Waals surface area (Å²) in [6.45, 7) is 0. The Bertz CT molecular complexity index is 461. The van der Waals surface area contributed by atoms with Crippen LogP contribution >= 0.6 is 15.9 Å². The molecule has 0 aliphatic carbocycles. The molecule has 76 valence electrons. The van der Waals surface area contributed by atoms with Gasteiger partial charge in [0.05, 0.1) is 10.7 Å². The molecule has 1 heterocycles. The van der Waals surface area contributed by atoms with Crippen molar-refractivity contribution in [2.45, 2.75) is 0 Å². The van der Waals surface area contributed by atoms with E-state index in [-0.39, 0.29) is 5.95 Å². The Labute approximate surface area is 95.2 Å². The summed E-state index contributed by atoms with van der Waals surface area (Å²) in [5.41, 5.74) is 5.46. The van der Waals surface area contributed by atoms with E-state index in [0.29, 0.717) is 16.1 Å². The van der Waals surface area contributed by atoms with Crippen LogP contribution in [-0.2, 0) is 0 Å². The minimum atomic E-state index is 0.184. The molecule has 0 saturated heterocycles. The van der Waals surface area contributed by atoms with Gasteiger partial charge in [0.25, 0.3) is 0 Å². The van der Waals surface area contributed by atoms with E-state index in [4.69, 9.17) is 10.5 Å². The zero-order chi connectivity index (χ0) is 10.7. The van der Waals surface area contributed by atoms with Gasteiger partial charge in [-0.2, -0.15) is 4.98 Å². The molecule has 0 saturated carbocycles. The van der Waals surface area contributed by atoms with Crippen molar-refractivity contribution in [3.8, 4) is 11.6 Å². The van der Waals surface area contributed by atoms with Crippen LogP contribution in [0.5, 0.6) is 11.6 Å². The molecule has 0 aliphatic rings. The van der Waals surface area contributed by atoms with Gasteiger partial charge in [0, 0.05) is 0 Å². The summed E-state index contributed by atoms with van der Waals surface area (Å²) in [7, 11) is 0. The molecule has 0 atom stereocenters. The summed E-state index contributed by atoms with van der Waals surface area (Å²) >= 11 is 3.28. The maximum Gasteiger partial charge on any atom is 0.238 e. The summed E-state index contributed by atoms with van der Waals surface area (Å²) in [6, 6.07) is 9.35. The van der Waals surface area contributed by atoms with E-state index >= 15 is 0 Å². The van der Waals surface area contributed by atoms with Crippen molar-refractivity contribution in [1.29, 1.82) is 0 Å². The van der Waals surface area contributed by atoms with Crippen LogP contribution in [-0.4, -0.2) is 9.97 Å². The number of halogens is 1. The fourth-order valence-corrected chi connectivity index (χ4v) is 1.31. The number of rotatable bonds is 2. The molecular weight excluding hydrogens is 258 g/mol. The van der Waals surface area contributed by atoms with Crippen molar-refractivity contribution in [3.05, 3.63) is 41.0 Å². The van der Waals surface area contributed by atoms with Gasteiger partial charge >= 0.3 is 0 Å². The van der Waals surface area contributed by atoms with E-state index in [1.165, 1.54) is 0 Å². The predicted molar refractivity (Wildman–Crippen MR) is 60.7 cm³/mol. The van der Waals surface area contributed by atoms with Gasteiger partial charge in [-0.15, -0.1) is 0 Å². The molecule has 2 rings (SSSR count). The Kier molecular flexibility index (Phi) is 2.82. The van der Waals surface area contributed by atoms with Gasteiger partial charge in [0.1, 0.15) is 5.75 Å². The SMILES string of the molecule is Nc1ncc(Br)c(Oc2ccccc2)n1. The predicted octanol–water partition coefficient (Wildman–Crippen LogP) is 2.61. The molecule has 0 radical (unpaired) electrons. The Morgan fingerprint density at radius 1 is 1.20 bits per heavy atom. The highest BCUT2D eigenvalue weighted by Crippen LogP contribution is 2.26. The molecule has 1 aromatic carbocycles. The van der Waals surface area contributed by atoms with Crippen molar-refractivity contribution in [3.63, 3.8) is 0 Å². The molecular formula is C10H8BrN3O. The number of nitrogens with two attached hydrogens (primary N) is 1. The molecule has 0 fully saturated rings. The lowest BCUT2D eigenvalue weighted by molar-refractivity contribution is 0.459. The van der Waals surface area contributed by atoms with Crippen molar-refractivity contribution in [2.75, 3.05) is 5.73 Å². The maximum atomic E-state index is 5.51. The van der Waals surface area contributed by atoms with Crippen LogP contribution in [0.2, 0.25) is 0 Å². The number of hydrogen-bond acceptors (Lipinski definition) is 4. The van der Waals surface area contributed by atoms with E-state index in [9.17, 15) is 0 Å². The van der Waals surface area contributed by atoms with Crippen LogP contribution in [0, 0.1) is 0 Å². The topological polar surface area (TPSA) is 61.0 Å². The second-order valence-corrected chi connectivity index (χ2v) is 3.65. The van der Waals surface area contributed by atoms with E-state index in [2.05, 4.69) is 25.9 Å². The van der Waals surface area contributed by atoms with E-state index in [0.717, 1.165) is 0 Å². The lowest BCUT2D eigenvalue weighted by Crippen LogP contribution is -1.97. The first-order valence-corrected chi connectivity index (χ1v) is 5.06. The first-order valence-electron chi connectivity index (χ1n) is 4.26. The number of nitrogens with zero attached hydrogens (tertiary/aromatic N) is 2. The lowest BCUT2D eigenvalue weighted by atomic mass is 10.3. The number of aromatic nitrogens is 2. The number of hydrogen-bond donors (Lipinski definition) is 1. The van der Waals surface area contributed by atoms with Crippen molar-refractivity contribution in [2.24, 2.45) is 0 Å². The number of benzene rings is 1. The van der Waals surface area contributed by atoms with Crippen LogP contribution in [0.15, 0.2) is 41.0 Å². The van der Waals surface area contributed by atoms with Gasteiger partial charge < -0.3 is 10.5 Å². The number of ether oxygens (including phenoxy) is 1. The standard InChI is InChI=1S/C10H8BrN3O/c11-8-6-13-10(12)14-9(8)15-7-4-2-1-3-5-7/h1-6H,(H2,12,13,14). The normalized spacial score (nSPS) is 9.93. The van der Waals surface area contributed by atoms with Crippen LogP contribution in [0.25, 0.3) is 0 Å². The highest BCUT2D eigenvalue weighted by Gasteiger charge is 2.05. The Morgan fingerprint density at radius 2 is 1.93 bits per heavy atom. The van der Waals surface area contributed by atoms with E-state index in [1.807, 2.05) is 30.3 Å². The number of anilines is 1. The quantitative estimate of drug-likeness (QED) is 0.907. The minimum absolute atomic E-state index is 0.184. The van der Waals surface area contributed by atoms with Gasteiger partial charge in [-0.25, -0.2) is 4.98 Å². The zero-order valence-corrected chi connectivity index (χ0v) is 9.31. The second kappa shape index (κ2) is 4.27. The fraction of sp³-hybridized carbons (Fsp3) is 0. The van der Waals surface area contributed by atoms with Crippen LogP contribution in [0.3, 0.4) is 0 Å². The van der Waals surface area contributed by atoms with Gasteiger partial charge in [-0.1, -0.05) is 18.2 Å². The number of para-hydroxylation sites is 1. The maximum absolute atomic E-state index is 5.51. The summed E-state index contributed by atoms with van der Waals surface area (Å²) in [5.74, 6) is 1.30. The van der Waals surface area contributed by atoms with Crippen LogP contribution in [0.1, 0.15) is 0 Å². The molecule has 1 aromatic heterocycles. The average molecular weight is 266 g/mol. The first kappa shape index (κ1) is 9.92. The highest BCUT2D eigenvalue weighted by molar-refractivity contribution is 9.10. The Hall–Kier alpha value is -1.62. The minimum Gasteiger partial charge on any atom is -0.438 e. The van der Waals surface area contributed by atoms with Gasteiger partial charge in [-0.3, -0.25) is 0 Å². The molecule has 0 unspecified atom stereocenters. The molecule has 15 heavy (non-hydrogen) atoms. The summed E-state index contributed by atoms with van der Waals surface area (Å²) in [5, 5.41) is 0. The lowest BCUT2D eigenvalue weighted by Gasteiger charge is -2.05. The zero-order valence-electron chi connectivity index (χ0n) is 7.72. The molecule has 2 aromatic rings. The third kappa shape index (κ3) is 2.44. The first-order chi connectivity index (χ1) is 7.25. The van der Waals surface area contributed by atoms with E-state index < -0.39 is 0 Å². The van der Waals surface area contributed by atoms with Crippen molar-refractivity contribution in [1.82, 2.24) is 9.97 Å². The van der Waals surface area contributed by atoms with Crippen molar-refractivity contribution < 1.29 is 4.74 Å². The van der Waals surface area contributed by atoms with Crippen molar-refractivity contribution >= 4 is 21.9 Å². The Balaban J connectivity index is 2.28. The second-order valence-electron chi connectivity index (χ2n) is 2.80. The molecule has 2 N–H and O–H groups in total. The molecule has 0 aliphatic heterocycles. The van der Waals surface area contributed by atoms with Gasteiger partial charge in [0.2, 0.25) is 11.8 Å². The molecule has 0 bridgehead atoms. The van der Waals surface area contributed by atoms with Gasteiger partial charge in [-0.05, 0) is 28.1 Å². The van der Waals surface area contributed by atoms with E-state index in [1.54, 1.807) is 6.20 Å². The Morgan fingerprint density at radius 3 is 2.67 bits per heavy atom. The molecule has 5 heteroatoms. The van der Waals surface area contributed by atoms with Gasteiger partial charge in [0.15, 0.2) is 0 Å². The molecule has 0 spiro atoms. The van der Waals surface area contributed by atoms with Crippen LogP contribution in [0.4, 0.5) is 5.95 Å². The largest absolute Gasteiger partial charge is 0.438 e. The summed E-state index contributed by atoms with van der Waals surface area (Å²) in [6.07, 6.45) is 1.56. The monoisotopic (exact) mass is 265 g/mol. The third-order valence-electron chi connectivity index (χ3n) is 1.69. The fourth-order valence-electron chi connectivity index (χ4n) is 1.04.